The highest BCUT2D eigenvalue weighted by Gasteiger charge is 2.64. The molecule has 35 heavy (non-hydrogen) atoms. The molecule has 0 N–H and O–H groups in total. The summed E-state index contributed by atoms with van der Waals surface area (Å²) in [6.45, 7) is 7.42. The fraction of sp³-hybridized carbons (Fsp3) is 0.966. The first-order valence-electron chi connectivity index (χ1n) is 14.1. The Balaban J connectivity index is 1.67. The van der Waals surface area contributed by atoms with Crippen LogP contribution in [0.2, 0.25) is 0 Å². The van der Waals surface area contributed by atoms with E-state index in [9.17, 15) is 4.79 Å². The molecule has 0 aromatic rings. The minimum atomic E-state index is -1.47. The van der Waals surface area contributed by atoms with Crippen LogP contribution in [0.3, 0.4) is 0 Å². The molecule has 0 aliphatic heterocycles. The van der Waals surface area contributed by atoms with Crippen molar-refractivity contribution in [3.05, 3.63) is 0 Å². The van der Waals surface area contributed by atoms with Crippen LogP contribution in [0.5, 0.6) is 0 Å². The van der Waals surface area contributed by atoms with E-state index in [1.165, 1.54) is 58.5 Å². The molecule has 6 nitrogen and oxygen atoms in total. The predicted molar refractivity (Wildman–Crippen MR) is 134 cm³/mol. The van der Waals surface area contributed by atoms with Crippen LogP contribution in [-0.4, -0.2) is 46.7 Å². The Kier molecular flexibility index (Phi) is 8.27. The summed E-state index contributed by atoms with van der Waals surface area (Å²) < 4.78 is 28.7. The van der Waals surface area contributed by atoms with Crippen molar-refractivity contribution in [2.75, 3.05) is 28.4 Å². The van der Waals surface area contributed by atoms with Gasteiger partial charge in [0.25, 0.3) is 0 Å². The molecule has 0 bridgehead atoms. The molecule has 4 rings (SSSR count). The number of carbonyl (C=O) groups excluding carboxylic acids is 1. The Hall–Kier alpha value is -0.690. The van der Waals surface area contributed by atoms with E-state index in [1.807, 2.05) is 0 Å². The monoisotopic (exact) mass is 494 g/mol. The van der Waals surface area contributed by atoms with Gasteiger partial charge in [0.2, 0.25) is 0 Å². The number of ether oxygens (including phenoxy) is 5. The van der Waals surface area contributed by atoms with Gasteiger partial charge in [-0.2, -0.15) is 0 Å². The zero-order valence-corrected chi connectivity index (χ0v) is 23.3. The summed E-state index contributed by atoms with van der Waals surface area (Å²) in [7, 11) is 6.27. The van der Waals surface area contributed by atoms with Gasteiger partial charge in [-0.3, -0.25) is 9.53 Å². The van der Waals surface area contributed by atoms with E-state index in [1.54, 1.807) is 21.3 Å². The minimum absolute atomic E-state index is 0.0143. The summed E-state index contributed by atoms with van der Waals surface area (Å²) in [6, 6.07) is 0. The molecular weight excluding hydrogens is 444 g/mol. The molecule has 0 saturated heterocycles. The maximum absolute atomic E-state index is 11.9. The van der Waals surface area contributed by atoms with E-state index in [4.69, 9.17) is 23.7 Å². The minimum Gasteiger partial charge on any atom is -0.469 e. The third-order valence-corrected chi connectivity index (χ3v) is 11.3. The Bertz CT molecular complexity index is 728. The van der Waals surface area contributed by atoms with Crippen LogP contribution in [0.4, 0.5) is 0 Å². The van der Waals surface area contributed by atoms with Gasteiger partial charge in [0.05, 0.1) is 13.2 Å². The van der Waals surface area contributed by atoms with Crippen LogP contribution in [0.25, 0.3) is 0 Å². The molecule has 4 aliphatic rings. The third kappa shape index (κ3) is 4.70. The second-order valence-electron chi connectivity index (χ2n) is 12.6. The molecule has 4 aliphatic carbocycles. The molecule has 0 spiro atoms. The van der Waals surface area contributed by atoms with Crippen LogP contribution >= 0.6 is 0 Å². The van der Waals surface area contributed by atoms with Gasteiger partial charge in [-0.25, -0.2) is 0 Å². The van der Waals surface area contributed by atoms with E-state index < -0.39 is 6.16 Å². The molecule has 9 atom stereocenters. The van der Waals surface area contributed by atoms with Gasteiger partial charge >= 0.3 is 12.1 Å². The lowest BCUT2D eigenvalue weighted by Gasteiger charge is -2.63. The number of fused-ring (bicyclic) bond motifs is 5. The molecule has 6 heteroatoms. The highest BCUT2D eigenvalue weighted by Crippen LogP contribution is 2.69. The van der Waals surface area contributed by atoms with Crippen molar-refractivity contribution in [3.63, 3.8) is 0 Å². The molecule has 0 aromatic carbocycles. The van der Waals surface area contributed by atoms with E-state index >= 15 is 0 Å². The summed E-state index contributed by atoms with van der Waals surface area (Å²) >= 11 is 0. The second-order valence-corrected chi connectivity index (χ2v) is 12.6. The van der Waals surface area contributed by atoms with Gasteiger partial charge in [0.1, 0.15) is 0 Å². The Labute approximate surface area is 213 Å². The average molecular weight is 495 g/mol. The van der Waals surface area contributed by atoms with E-state index in [-0.39, 0.29) is 17.5 Å². The number of methoxy groups -OCH3 is 4. The molecule has 4 fully saturated rings. The molecule has 0 amide bonds. The first kappa shape index (κ1) is 27.3. The van der Waals surface area contributed by atoms with Crippen LogP contribution in [0, 0.1) is 46.3 Å². The van der Waals surface area contributed by atoms with Gasteiger partial charge in [0, 0.05) is 27.8 Å². The smallest absolute Gasteiger partial charge is 0.412 e. The van der Waals surface area contributed by atoms with Gasteiger partial charge in [-0.05, 0) is 97.7 Å². The SMILES string of the molecule is COC(=O)CC[C@@H](C)[C@H]1CC[C@H]2[C@@H]3CC[C@@H]4CCCC[C@]4(C)[C@H]3[C@@H](OC(OC)(OC)OC)C[C@]12C. The highest BCUT2D eigenvalue weighted by atomic mass is 17.0. The zero-order chi connectivity index (χ0) is 25.4. The van der Waals surface area contributed by atoms with Gasteiger partial charge < -0.3 is 18.9 Å². The molecule has 0 unspecified atom stereocenters. The number of rotatable bonds is 9. The normalized spacial score (nSPS) is 42.0. The maximum atomic E-state index is 11.9. The lowest BCUT2D eigenvalue weighted by atomic mass is 9.43. The van der Waals surface area contributed by atoms with Crippen molar-refractivity contribution >= 4 is 5.97 Å². The quantitative estimate of drug-likeness (QED) is 0.282. The van der Waals surface area contributed by atoms with Gasteiger partial charge in [-0.15, -0.1) is 0 Å². The number of esters is 1. The van der Waals surface area contributed by atoms with Crippen molar-refractivity contribution in [2.24, 2.45) is 46.3 Å². The summed E-state index contributed by atoms with van der Waals surface area (Å²) in [5.74, 6) is 3.58. The van der Waals surface area contributed by atoms with Gasteiger partial charge in [0.15, 0.2) is 0 Å². The first-order chi connectivity index (χ1) is 16.7. The first-order valence-corrected chi connectivity index (χ1v) is 14.1. The van der Waals surface area contributed by atoms with Crippen molar-refractivity contribution < 1.29 is 28.5 Å². The van der Waals surface area contributed by atoms with E-state index in [0.717, 1.165) is 18.8 Å². The summed E-state index contributed by atoms with van der Waals surface area (Å²) in [5.41, 5.74) is 0.461. The Morgan fingerprint density at radius 2 is 1.66 bits per heavy atom. The fourth-order valence-corrected chi connectivity index (χ4v) is 9.70. The van der Waals surface area contributed by atoms with Crippen molar-refractivity contribution in [1.29, 1.82) is 0 Å². The lowest BCUT2D eigenvalue weighted by Crippen LogP contribution is -2.61. The zero-order valence-electron chi connectivity index (χ0n) is 23.3. The summed E-state index contributed by atoms with van der Waals surface area (Å²) in [6.07, 6.45) is 11.4. The molecule has 202 valence electrons. The number of hydrogen-bond acceptors (Lipinski definition) is 6. The summed E-state index contributed by atoms with van der Waals surface area (Å²) in [4.78, 5) is 11.9. The van der Waals surface area contributed by atoms with Crippen molar-refractivity contribution in [3.8, 4) is 0 Å². The Morgan fingerprint density at radius 1 is 0.943 bits per heavy atom. The molecule has 0 heterocycles. The van der Waals surface area contributed by atoms with Gasteiger partial charge in [-0.1, -0.05) is 33.6 Å². The van der Waals surface area contributed by atoms with Crippen molar-refractivity contribution in [1.82, 2.24) is 0 Å². The highest BCUT2D eigenvalue weighted by molar-refractivity contribution is 5.69. The topological polar surface area (TPSA) is 63.2 Å². The molecule has 0 radical (unpaired) electrons. The maximum Gasteiger partial charge on any atom is 0.412 e. The fourth-order valence-electron chi connectivity index (χ4n) is 9.70. The Morgan fingerprint density at radius 3 is 2.31 bits per heavy atom. The summed E-state index contributed by atoms with van der Waals surface area (Å²) in [5, 5.41) is 0. The predicted octanol–water partition coefficient (Wildman–Crippen LogP) is 6.17. The standard InChI is InChI=1S/C29H50O6/c1-19(11-16-25(30)31-4)22-14-15-23-21-13-12-20-10-8-9-17-27(20,2)26(21)24(18-28(22,23)3)35-29(32-5,33-6)34-7/h19-24,26H,8-18H2,1-7H3/t19-,20+,21+,22-,23+,24+,26-,27+,28-/m1/s1. The second kappa shape index (κ2) is 10.6. The molecule has 0 aromatic heterocycles. The lowest BCUT2D eigenvalue weighted by molar-refractivity contribution is -0.498. The van der Waals surface area contributed by atoms with E-state index in [2.05, 4.69) is 20.8 Å². The number of carbonyl (C=O) groups is 1. The third-order valence-electron chi connectivity index (χ3n) is 11.3. The van der Waals surface area contributed by atoms with Crippen LogP contribution in [-0.2, 0) is 28.5 Å². The largest absolute Gasteiger partial charge is 0.469 e. The molecular formula is C29H50O6. The van der Waals surface area contributed by atoms with Crippen molar-refractivity contribution in [2.45, 2.75) is 104 Å². The van der Waals surface area contributed by atoms with E-state index in [0.29, 0.717) is 41.4 Å². The average Bonchev–Trinajstić information content (AvgIpc) is 3.21. The van der Waals surface area contributed by atoms with Crippen LogP contribution in [0.1, 0.15) is 91.4 Å². The molecule has 4 saturated carbocycles. The number of hydrogen-bond donors (Lipinski definition) is 0. The van der Waals surface area contributed by atoms with Crippen LogP contribution in [0.15, 0.2) is 0 Å². The van der Waals surface area contributed by atoms with Crippen LogP contribution < -0.4 is 0 Å².